The molecule has 0 fully saturated rings. The van der Waals surface area contributed by atoms with E-state index >= 15 is 0 Å². The van der Waals surface area contributed by atoms with Crippen molar-refractivity contribution in [1.29, 1.82) is 0 Å². The Bertz CT molecular complexity index is 379. The van der Waals surface area contributed by atoms with Crippen LogP contribution in [0.2, 0.25) is 0 Å². The van der Waals surface area contributed by atoms with Gasteiger partial charge in [0.1, 0.15) is 0 Å². The van der Waals surface area contributed by atoms with Crippen LogP contribution in [0.1, 0.15) is 12.0 Å². The molecular formula is C13H15Br2NO2. The van der Waals surface area contributed by atoms with Gasteiger partial charge in [-0.3, -0.25) is 14.5 Å². The Morgan fingerprint density at radius 2 is 1.56 bits per heavy atom. The molecule has 0 N–H and O–H groups in total. The molecule has 0 atom stereocenters. The molecule has 3 nitrogen and oxygen atoms in total. The smallest absolute Gasteiger partial charge is 0.239 e. The number of rotatable bonds is 6. The maximum atomic E-state index is 11.6. The minimum atomic E-state index is -0.187. The van der Waals surface area contributed by atoms with E-state index in [0.29, 0.717) is 6.54 Å². The Balaban J connectivity index is 2.47. The molecule has 0 heterocycles. The quantitative estimate of drug-likeness (QED) is 0.716. The minimum absolute atomic E-state index is 0.178. The average molecular weight is 377 g/mol. The zero-order valence-corrected chi connectivity index (χ0v) is 13.1. The van der Waals surface area contributed by atoms with Crippen molar-refractivity contribution in [2.24, 2.45) is 0 Å². The van der Waals surface area contributed by atoms with Crippen molar-refractivity contribution in [3.05, 3.63) is 35.9 Å². The number of carbonyl (C=O) groups is 2. The van der Waals surface area contributed by atoms with E-state index in [1.165, 1.54) is 10.5 Å². The molecule has 0 unspecified atom stereocenters. The molecule has 98 valence electrons. The van der Waals surface area contributed by atoms with Crippen LogP contribution < -0.4 is 0 Å². The van der Waals surface area contributed by atoms with Crippen LogP contribution >= 0.6 is 31.9 Å². The number of aryl methyl sites for hydroxylation is 1. The summed E-state index contributed by atoms with van der Waals surface area (Å²) in [7, 11) is 0. The Hall–Kier alpha value is -0.680. The fraction of sp³-hybridized carbons (Fsp3) is 0.385. The molecule has 0 aliphatic rings. The topological polar surface area (TPSA) is 37.4 Å². The number of alkyl halides is 2. The van der Waals surface area contributed by atoms with Crippen LogP contribution in [0.3, 0.4) is 0 Å². The van der Waals surface area contributed by atoms with Gasteiger partial charge in [-0.2, -0.15) is 0 Å². The predicted octanol–water partition coefficient (Wildman–Crippen LogP) is 2.76. The van der Waals surface area contributed by atoms with Crippen molar-refractivity contribution >= 4 is 43.7 Å². The van der Waals surface area contributed by atoms with Crippen molar-refractivity contribution in [3.63, 3.8) is 0 Å². The molecule has 0 saturated heterocycles. The first-order valence-corrected chi connectivity index (χ1v) is 7.92. The lowest BCUT2D eigenvalue weighted by molar-refractivity contribution is -0.141. The third kappa shape index (κ3) is 4.90. The van der Waals surface area contributed by atoms with Gasteiger partial charge in [-0.25, -0.2) is 0 Å². The third-order valence-electron chi connectivity index (χ3n) is 2.52. The van der Waals surface area contributed by atoms with Gasteiger partial charge in [-0.1, -0.05) is 62.2 Å². The zero-order chi connectivity index (χ0) is 13.4. The predicted molar refractivity (Wildman–Crippen MR) is 79.1 cm³/mol. The van der Waals surface area contributed by atoms with E-state index in [2.05, 4.69) is 31.9 Å². The summed E-state index contributed by atoms with van der Waals surface area (Å²) in [6, 6.07) is 10.0. The molecule has 0 aliphatic carbocycles. The summed E-state index contributed by atoms with van der Waals surface area (Å²) < 4.78 is 0. The van der Waals surface area contributed by atoms with Gasteiger partial charge in [-0.15, -0.1) is 0 Å². The fourth-order valence-electron chi connectivity index (χ4n) is 1.62. The summed E-state index contributed by atoms with van der Waals surface area (Å²) in [5, 5.41) is 0.355. The van der Waals surface area contributed by atoms with Gasteiger partial charge in [0.25, 0.3) is 0 Å². The molecule has 1 rings (SSSR count). The second kappa shape index (κ2) is 8.43. The molecule has 0 spiro atoms. The van der Waals surface area contributed by atoms with Crippen LogP contribution in [-0.2, 0) is 16.0 Å². The Kier molecular flexibility index (Phi) is 7.20. The van der Waals surface area contributed by atoms with Gasteiger partial charge in [0.05, 0.1) is 10.7 Å². The number of nitrogens with zero attached hydrogens (tertiary/aromatic N) is 1. The second-order valence-corrected chi connectivity index (χ2v) is 4.92. The highest BCUT2D eigenvalue weighted by Gasteiger charge is 2.18. The van der Waals surface area contributed by atoms with Crippen LogP contribution in [0, 0.1) is 0 Å². The highest BCUT2D eigenvalue weighted by atomic mass is 79.9. The number of carbonyl (C=O) groups excluding carboxylic acids is 2. The molecule has 1 aromatic rings. The molecule has 0 aromatic heterocycles. The van der Waals surface area contributed by atoms with E-state index in [0.717, 1.165) is 12.8 Å². The molecule has 0 radical (unpaired) electrons. The van der Waals surface area contributed by atoms with E-state index in [-0.39, 0.29) is 22.5 Å². The SMILES string of the molecule is O=C(CBr)N(CCCc1ccccc1)C(=O)CBr. The lowest BCUT2D eigenvalue weighted by Gasteiger charge is -2.18. The standard InChI is InChI=1S/C13H15Br2NO2/c14-9-12(17)16(13(18)10-15)8-4-7-11-5-2-1-3-6-11/h1-3,5-6H,4,7-10H2. The number of hydrogen-bond acceptors (Lipinski definition) is 2. The lowest BCUT2D eigenvalue weighted by atomic mass is 10.1. The molecule has 18 heavy (non-hydrogen) atoms. The highest BCUT2D eigenvalue weighted by Crippen LogP contribution is 2.05. The van der Waals surface area contributed by atoms with Crippen molar-refractivity contribution in [1.82, 2.24) is 4.90 Å². The maximum Gasteiger partial charge on any atom is 0.239 e. The molecular weight excluding hydrogens is 362 g/mol. The van der Waals surface area contributed by atoms with Crippen LogP contribution in [0.15, 0.2) is 30.3 Å². The van der Waals surface area contributed by atoms with Crippen LogP contribution in [0.4, 0.5) is 0 Å². The number of imide groups is 1. The summed E-state index contributed by atoms with van der Waals surface area (Å²) in [4.78, 5) is 24.5. The summed E-state index contributed by atoms with van der Waals surface area (Å²) in [5.74, 6) is -0.375. The number of benzene rings is 1. The average Bonchev–Trinajstić information content (AvgIpc) is 2.43. The molecule has 1 aromatic carbocycles. The van der Waals surface area contributed by atoms with Gasteiger partial charge >= 0.3 is 0 Å². The first-order chi connectivity index (χ1) is 8.69. The zero-order valence-electron chi connectivity index (χ0n) is 9.94. The van der Waals surface area contributed by atoms with Crippen LogP contribution in [0.25, 0.3) is 0 Å². The van der Waals surface area contributed by atoms with E-state index < -0.39 is 0 Å². The van der Waals surface area contributed by atoms with Crippen molar-refractivity contribution in [2.75, 3.05) is 17.2 Å². The van der Waals surface area contributed by atoms with Crippen molar-refractivity contribution in [3.8, 4) is 0 Å². The monoisotopic (exact) mass is 375 g/mol. The van der Waals surface area contributed by atoms with Gasteiger partial charge in [0, 0.05) is 6.54 Å². The van der Waals surface area contributed by atoms with Gasteiger partial charge in [0.2, 0.25) is 11.8 Å². The van der Waals surface area contributed by atoms with E-state index in [1.807, 2.05) is 30.3 Å². The van der Waals surface area contributed by atoms with Gasteiger partial charge in [0.15, 0.2) is 0 Å². The highest BCUT2D eigenvalue weighted by molar-refractivity contribution is 9.09. The summed E-state index contributed by atoms with van der Waals surface area (Å²) in [6.07, 6.45) is 1.64. The lowest BCUT2D eigenvalue weighted by Crippen LogP contribution is -2.39. The first-order valence-electron chi connectivity index (χ1n) is 5.68. The molecule has 0 bridgehead atoms. The Labute approximate surface area is 124 Å². The van der Waals surface area contributed by atoms with Crippen LogP contribution in [0.5, 0.6) is 0 Å². The normalized spacial score (nSPS) is 10.1. The van der Waals surface area contributed by atoms with Crippen molar-refractivity contribution < 1.29 is 9.59 Å². The molecule has 0 aliphatic heterocycles. The molecule has 5 heteroatoms. The van der Waals surface area contributed by atoms with Gasteiger partial charge < -0.3 is 0 Å². The first kappa shape index (κ1) is 15.4. The maximum absolute atomic E-state index is 11.6. The second-order valence-electron chi connectivity index (χ2n) is 3.80. The van der Waals surface area contributed by atoms with E-state index in [1.54, 1.807) is 0 Å². The molecule has 2 amide bonds. The van der Waals surface area contributed by atoms with E-state index in [9.17, 15) is 9.59 Å². The Morgan fingerprint density at radius 1 is 1.00 bits per heavy atom. The summed E-state index contributed by atoms with van der Waals surface area (Å²) in [6.45, 7) is 0.462. The number of amides is 2. The number of hydrogen-bond donors (Lipinski definition) is 0. The van der Waals surface area contributed by atoms with E-state index in [4.69, 9.17) is 0 Å². The molecule has 0 saturated carbocycles. The van der Waals surface area contributed by atoms with Crippen LogP contribution in [-0.4, -0.2) is 33.9 Å². The van der Waals surface area contributed by atoms with Gasteiger partial charge in [-0.05, 0) is 18.4 Å². The Morgan fingerprint density at radius 3 is 2.06 bits per heavy atom. The van der Waals surface area contributed by atoms with Crippen molar-refractivity contribution in [2.45, 2.75) is 12.8 Å². The fourth-order valence-corrected chi connectivity index (χ4v) is 2.22. The minimum Gasteiger partial charge on any atom is -0.281 e. The third-order valence-corrected chi connectivity index (χ3v) is 3.48. The summed E-state index contributed by atoms with van der Waals surface area (Å²) in [5.41, 5.74) is 1.22. The summed E-state index contributed by atoms with van der Waals surface area (Å²) >= 11 is 6.18. The largest absolute Gasteiger partial charge is 0.281 e. The number of halogens is 2.